The normalized spacial score (nSPS) is 18.9. The number of nitrogens with zero attached hydrogens (tertiary/aromatic N) is 3. The topological polar surface area (TPSA) is 111 Å². The predicted octanol–water partition coefficient (Wildman–Crippen LogP) is 0.827. The maximum atomic E-state index is 13.1. The molecule has 1 amide bonds. The number of carbonyl (C=O) groups excluding carboxylic acids is 1. The Hall–Kier alpha value is -1.66. The van der Waals surface area contributed by atoms with E-state index in [9.17, 15) is 13.2 Å². The fraction of sp³-hybridized carbons (Fsp3) is 0.562. The van der Waals surface area contributed by atoms with Gasteiger partial charge >= 0.3 is 0 Å². The zero-order chi connectivity index (χ0) is 19.4. The number of piperidine rings is 1. The van der Waals surface area contributed by atoms with Crippen molar-refractivity contribution in [3.05, 3.63) is 18.2 Å². The van der Waals surface area contributed by atoms with Crippen LogP contribution in [0, 0.1) is 5.92 Å². The molecule has 0 bridgehead atoms. The van der Waals surface area contributed by atoms with Crippen LogP contribution in [0.1, 0.15) is 12.8 Å². The number of amides is 1. The Balaban J connectivity index is 1.73. The third kappa shape index (κ3) is 4.27. The molecule has 11 heteroatoms. The van der Waals surface area contributed by atoms with Gasteiger partial charge in [-0.3, -0.25) is 4.79 Å². The maximum Gasteiger partial charge on any atom is 0.245 e. The van der Waals surface area contributed by atoms with Crippen LogP contribution in [0.25, 0.3) is 11.0 Å². The minimum Gasteiger partial charge on any atom is -0.354 e. The molecule has 1 atom stereocenters. The Bertz CT molecular complexity index is 897. The number of hydrogen-bond acceptors (Lipinski definition) is 8. The highest BCUT2D eigenvalue weighted by Crippen LogP contribution is 2.28. The van der Waals surface area contributed by atoms with Crippen LogP contribution < -0.4 is 5.32 Å². The second-order valence-electron chi connectivity index (χ2n) is 6.24. The molecule has 1 aliphatic heterocycles. The molecule has 2 heterocycles. The number of nitrogens with one attached hydrogen (secondary N) is 1. The lowest BCUT2D eigenvalue weighted by Gasteiger charge is -2.31. The van der Waals surface area contributed by atoms with E-state index in [2.05, 4.69) is 14.1 Å². The molecule has 0 radical (unpaired) electrons. The van der Waals surface area contributed by atoms with E-state index in [1.54, 1.807) is 12.1 Å². The van der Waals surface area contributed by atoms with E-state index in [-0.39, 0.29) is 23.9 Å². The van der Waals surface area contributed by atoms with Gasteiger partial charge in [0.25, 0.3) is 0 Å². The summed E-state index contributed by atoms with van der Waals surface area (Å²) in [5.74, 6) is -0.627. The number of carbonyl (C=O) groups is 1. The smallest absolute Gasteiger partial charge is 0.245 e. The van der Waals surface area contributed by atoms with Crippen molar-refractivity contribution in [3.8, 4) is 0 Å². The van der Waals surface area contributed by atoms with E-state index >= 15 is 0 Å². The summed E-state index contributed by atoms with van der Waals surface area (Å²) in [4.78, 5) is 12.6. The Morgan fingerprint density at radius 3 is 2.89 bits per heavy atom. The predicted molar refractivity (Wildman–Crippen MR) is 99.7 cm³/mol. The zero-order valence-corrected chi connectivity index (χ0v) is 16.8. The summed E-state index contributed by atoms with van der Waals surface area (Å²) in [5.41, 5.74) is 0.926. The molecule has 9 nitrogen and oxygen atoms in total. The molecule has 27 heavy (non-hydrogen) atoms. The van der Waals surface area contributed by atoms with Crippen LogP contribution in [-0.2, 0) is 24.3 Å². The molecule has 0 unspecified atom stereocenters. The highest BCUT2D eigenvalue weighted by molar-refractivity contribution is 7.89. The quantitative estimate of drug-likeness (QED) is 0.668. The lowest BCUT2D eigenvalue weighted by atomic mass is 9.99. The van der Waals surface area contributed by atoms with Crippen LogP contribution in [0.4, 0.5) is 0 Å². The molecule has 2 aromatic rings. The Labute approximate surface area is 162 Å². The fourth-order valence-electron chi connectivity index (χ4n) is 3.09. The average molecular weight is 415 g/mol. The molecule has 148 valence electrons. The van der Waals surface area contributed by atoms with Gasteiger partial charge in [-0.05, 0) is 25.0 Å². The Kier molecular flexibility index (Phi) is 6.37. The summed E-state index contributed by atoms with van der Waals surface area (Å²) in [6.07, 6.45) is 0.707. The van der Waals surface area contributed by atoms with Gasteiger partial charge in [-0.25, -0.2) is 8.42 Å². The number of aromatic nitrogens is 2. The van der Waals surface area contributed by atoms with Crippen LogP contribution in [-0.4, -0.2) is 67.5 Å². The molecule has 1 saturated heterocycles. The molecular weight excluding hydrogens is 392 g/mol. The zero-order valence-electron chi connectivity index (χ0n) is 15.1. The van der Waals surface area contributed by atoms with Crippen LogP contribution in [0.5, 0.6) is 0 Å². The van der Waals surface area contributed by atoms with Gasteiger partial charge in [0.2, 0.25) is 15.9 Å². The second kappa shape index (κ2) is 8.57. The fourth-order valence-corrected chi connectivity index (χ4v) is 5.37. The standard InChI is InChI=1S/C16H22N4O5S2/c1-24-14(25-2)9-17-16(21)11-5-4-8-20(10-11)27(22,23)13-7-3-6-12-15(13)19-26-18-12/h3,6-7,11,14H,4-5,8-10H2,1-2H3,(H,17,21)/t11-/m0/s1. The van der Waals surface area contributed by atoms with E-state index in [0.29, 0.717) is 30.4 Å². The van der Waals surface area contributed by atoms with Crippen molar-refractivity contribution in [1.82, 2.24) is 18.4 Å². The monoisotopic (exact) mass is 414 g/mol. The summed E-state index contributed by atoms with van der Waals surface area (Å²) in [7, 11) is -0.779. The van der Waals surface area contributed by atoms with Crippen molar-refractivity contribution in [2.24, 2.45) is 5.92 Å². The summed E-state index contributed by atoms with van der Waals surface area (Å²) >= 11 is 0.978. The summed E-state index contributed by atoms with van der Waals surface area (Å²) in [6, 6.07) is 4.91. The molecule has 3 rings (SSSR count). The summed E-state index contributed by atoms with van der Waals surface area (Å²) < 4.78 is 45.9. The Morgan fingerprint density at radius 2 is 2.15 bits per heavy atom. The molecule has 0 aliphatic carbocycles. The SMILES string of the molecule is COC(CNC(=O)[C@H]1CCCN(S(=O)(=O)c2cccc3nsnc23)C1)OC. The van der Waals surface area contributed by atoms with Crippen LogP contribution in [0.3, 0.4) is 0 Å². The summed E-state index contributed by atoms with van der Waals surface area (Å²) in [6.45, 7) is 0.713. The van der Waals surface area contributed by atoms with E-state index in [4.69, 9.17) is 9.47 Å². The van der Waals surface area contributed by atoms with E-state index < -0.39 is 22.2 Å². The highest BCUT2D eigenvalue weighted by atomic mass is 32.2. The number of benzene rings is 1. The number of rotatable bonds is 7. The largest absolute Gasteiger partial charge is 0.354 e. The van der Waals surface area contributed by atoms with Crippen LogP contribution in [0.2, 0.25) is 0 Å². The molecule has 1 aromatic heterocycles. The molecule has 1 N–H and O–H groups in total. The van der Waals surface area contributed by atoms with Gasteiger partial charge in [-0.1, -0.05) is 6.07 Å². The molecule has 1 aromatic carbocycles. The van der Waals surface area contributed by atoms with E-state index in [0.717, 1.165) is 11.7 Å². The van der Waals surface area contributed by atoms with Crippen molar-refractivity contribution in [2.75, 3.05) is 33.9 Å². The Morgan fingerprint density at radius 1 is 1.37 bits per heavy atom. The third-order valence-corrected chi connectivity index (χ3v) is 7.03. The van der Waals surface area contributed by atoms with Gasteiger partial charge in [0.1, 0.15) is 15.9 Å². The van der Waals surface area contributed by atoms with E-state index in [1.807, 2.05) is 0 Å². The van der Waals surface area contributed by atoms with Crippen molar-refractivity contribution in [2.45, 2.75) is 24.0 Å². The first-order chi connectivity index (χ1) is 13.0. The first-order valence-corrected chi connectivity index (χ1v) is 10.7. The highest BCUT2D eigenvalue weighted by Gasteiger charge is 2.34. The van der Waals surface area contributed by atoms with Gasteiger partial charge in [-0.2, -0.15) is 13.1 Å². The lowest BCUT2D eigenvalue weighted by molar-refractivity contribution is -0.131. The second-order valence-corrected chi connectivity index (χ2v) is 8.67. The van der Waals surface area contributed by atoms with Gasteiger partial charge in [0.15, 0.2) is 6.29 Å². The van der Waals surface area contributed by atoms with Crippen LogP contribution in [0.15, 0.2) is 23.1 Å². The molecule has 0 spiro atoms. The number of sulfonamides is 1. The van der Waals surface area contributed by atoms with Gasteiger partial charge in [-0.15, -0.1) is 0 Å². The van der Waals surface area contributed by atoms with Gasteiger partial charge in [0.05, 0.1) is 24.2 Å². The molecule has 0 saturated carbocycles. The molecule has 1 aliphatic rings. The number of hydrogen-bond donors (Lipinski definition) is 1. The number of methoxy groups -OCH3 is 2. The van der Waals surface area contributed by atoms with Gasteiger partial charge in [0, 0.05) is 27.3 Å². The molecular formula is C16H22N4O5S2. The third-order valence-electron chi connectivity index (χ3n) is 4.59. The first-order valence-electron chi connectivity index (χ1n) is 8.52. The number of fused-ring (bicyclic) bond motifs is 1. The minimum absolute atomic E-state index is 0.132. The van der Waals surface area contributed by atoms with Crippen LogP contribution >= 0.6 is 11.7 Å². The minimum atomic E-state index is -3.76. The number of ether oxygens (including phenoxy) is 2. The summed E-state index contributed by atoms with van der Waals surface area (Å²) in [5, 5.41) is 2.76. The van der Waals surface area contributed by atoms with Crippen molar-refractivity contribution in [3.63, 3.8) is 0 Å². The first kappa shape index (κ1) is 20.1. The van der Waals surface area contributed by atoms with Crippen molar-refractivity contribution in [1.29, 1.82) is 0 Å². The van der Waals surface area contributed by atoms with Crippen molar-refractivity contribution >= 4 is 38.7 Å². The van der Waals surface area contributed by atoms with Gasteiger partial charge < -0.3 is 14.8 Å². The lowest BCUT2D eigenvalue weighted by Crippen LogP contribution is -2.46. The molecule has 1 fully saturated rings. The average Bonchev–Trinajstić information content (AvgIpc) is 3.17. The maximum absolute atomic E-state index is 13.1. The van der Waals surface area contributed by atoms with E-state index in [1.165, 1.54) is 24.6 Å². The van der Waals surface area contributed by atoms with Crippen molar-refractivity contribution < 1.29 is 22.7 Å².